The van der Waals surface area contributed by atoms with Crippen molar-refractivity contribution in [3.05, 3.63) is 106 Å². The van der Waals surface area contributed by atoms with Crippen LogP contribution in [-0.2, 0) is 0 Å². The fourth-order valence-corrected chi connectivity index (χ4v) is 5.41. The highest BCUT2D eigenvalue weighted by molar-refractivity contribution is 6.30. The van der Waals surface area contributed by atoms with Crippen LogP contribution in [-0.4, -0.2) is 17.9 Å². The largest absolute Gasteiger partial charge is 0.351 e. The van der Waals surface area contributed by atoms with Crippen LogP contribution < -0.4 is 4.90 Å². The molecule has 0 aliphatic carbocycles. The van der Waals surface area contributed by atoms with Gasteiger partial charge in [-0.05, 0) is 48.4 Å². The van der Waals surface area contributed by atoms with Gasteiger partial charge in [-0.25, -0.2) is 4.39 Å². The van der Waals surface area contributed by atoms with Gasteiger partial charge in [0.25, 0.3) is 0 Å². The Bertz CT molecular complexity index is 1400. The van der Waals surface area contributed by atoms with Gasteiger partial charge in [0.1, 0.15) is 11.9 Å². The van der Waals surface area contributed by atoms with Crippen LogP contribution in [0.25, 0.3) is 6.08 Å². The molecule has 0 radical (unpaired) electrons. The Kier molecular flexibility index (Phi) is 5.24. The molecule has 5 rings (SSSR count). The van der Waals surface area contributed by atoms with E-state index in [1.54, 1.807) is 48.5 Å². The molecule has 1 saturated heterocycles. The van der Waals surface area contributed by atoms with E-state index in [9.17, 15) is 19.7 Å². The van der Waals surface area contributed by atoms with Crippen molar-refractivity contribution in [3.8, 4) is 12.1 Å². The maximum absolute atomic E-state index is 14.3. The molecular formula is C28H19ClFN3O. The third-order valence-electron chi connectivity index (χ3n) is 6.78. The Balaban J connectivity index is 1.79. The molecule has 2 aliphatic heterocycles. The normalized spacial score (nSPS) is 21.8. The first-order valence-electron chi connectivity index (χ1n) is 10.8. The van der Waals surface area contributed by atoms with Crippen molar-refractivity contribution in [1.29, 1.82) is 10.5 Å². The van der Waals surface area contributed by atoms with Crippen molar-refractivity contribution in [3.63, 3.8) is 0 Å². The van der Waals surface area contributed by atoms with E-state index >= 15 is 0 Å². The van der Waals surface area contributed by atoms with Crippen LogP contribution in [0.15, 0.2) is 72.8 Å². The van der Waals surface area contributed by atoms with Crippen LogP contribution in [0.2, 0.25) is 5.02 Å². The summed E-state index contributed by atoms with van der Waals surface area (Å²) in [5.41, 5.74) is 1.78. The van der Waals surface area contributed by atoms with E-state index in [1.165, 1.54) is 12.1 Å². The molecule has 1 fully saturated rings. The second-order valence-corrected chi connectivity index (χ2v) is 9.15. The smallest absolute Gasteiger partial charge is 0.185 e. The third kappa shape index (κ3) is 3.21. The van der Waals surface area contributed by atoms with Gasteiger partial charge in [0.2, 0.25) is 0 Å². The molecule has 0 aromatic heterocycles. The fourth-order valence-electron chi connectivity index (χ4n) is 5.23. The fraction of sp³-hybridized carbons (Fsp3) is 0.179. The highest BCUT2D eigenvalue weighted by Crippen LogP contribution is 2.55. The van der Waals surface area contributed by atoms with Gasteiger partial charge in [-0.15, -0.1) is 0 Å². The lowest BCUT2D eigenvalue weighted by molar-refractivity contribution is 0.0951. The van der Waals surface area contributed by atoms with Gasteiger partial charge >= 0.3 is 0 Å². The number of carbonyl (C=O) groups is 1. The summed E-state index contributed by atoms with van der Waals surface area (Å²) < 4.78 is 14.3. The molecule has 2 heterocycles. The van der Waals surface area contributed by atoms with Crippen LogP contribution in [0, 0.1) is 40.8 Å². The maximum atomic E-state index is 14.3. The summed E-state index contributed by atoms with van der Waals surface area (Å²) >= 11 is 6.22. The van der Waals surface area contributed by atoms with Crippen LogP contribution in [0.4, 0.5) is 10.1 Å². The number of fused-ring (bicyclic) bond motifs is 3. The SMILES string of the molecule is Cc1ccc(C(=O)[C@H]2[C@H](c3cccc(F)c3)C(C#N)(C#N)[C@H]3C=Cc4cc(Cl)ccc4N23)cc1. The van der Waals surface area contributed by atoms with Crippen LogP contribution >= 0.6 is 11.6 Å². The highest BCUT2D eigenvalue weighted by atomic mass is 35.5. The second kappa shape index (κ2) is 8.13. The Hall–Kier alpha value is -3.93. The molecule has 0 unspecified atom stereocenters. The number of halogens is 2. The summed E-state index contributed by atoms with van der Waals surface area (Å²) in [6.45, 7) is 1.93. The van der Waals surface area contributed by atoms with Crippen molar-refractivity contribution in [2.75, 3.05) is 4.90 Å². The Morgan fingerprint density at radius 2 is 1.79 bits per heavy atom. The van der Waals surface area contributed by atoms with Crippen molar-refractivity contribution >= 4 is 29.1 Å². The van der Waals surface area contributed by atoms with E-state index in [0.717, 1.165) is 11.1 Å². The van der Waals surface area contributed by atoms with Gasteiger partial charge in [-0.2, -0.15) is 10.5 Å². The minimum Gasteiger partial charge on any atom is -0.351 e. The number of carbonyl (C=O) groups excluding carboxylic acids is 1. The minimum absolute atomic E-state index is 0.233. The molecule has 0 amide bonds. The number of nitriles is 2. The molecule has 2 aliphatic rings. The van der Waals surface area contributed by atoms with Gasteiger partial charge in [0.15, 0.2) is 11.2 Å². The number of hydrogen-bond donors (Lipinski definition) is 0. The first-order chi connectivity index (χ1) is 16.4. The zero-order chi connectivity index (χ0) is 24.0. The number of anilines is 1. The number of benzene rings is 3. The zero-order valence-electron chi connectivity index (χ0n) is 18.2. The summed E-state index contributed by atoms with van der Waals surface area (Å²) in [4.78, 5) is 15.9. The number of hydrogen-bond acceptors (Lipinski definition) is 4. The summed E-state index contributed by atoms with van der Waals surface area (Å²) in [6.07, 6.45) is 3.60. The average molecular weight is 468 g/mol. The topological polar surface area (TPSA) is 67.9 Å². The molecular weight excluding hydrogens is 449 g/mol. The highest BCUT2D eigenvalue weighted by Gasteiger charge is 2.63. The maximum Gasteiger partial charge on any atom is 0.185 e. The number of nitrogens with zero attached hydrogens (tertiary/aromatic N) is 3. The number of ketones is 1. The molecule has 0 spiro atoms. The first-order valence-corrected chi connectivity index (χ1v) is 11.2. The van der Waals surface area contributed by atoms with Crippen LogP contribution in [0.5, 0.6) is 0 Å². The lowest BCUT2D eigenvalue weighted by Crippen LogP contribution is -2.44. The van der Waals surface area contributed by atoms with E-state index < -0.39 is 29.2 Å². The monoisotopic (exact) mass is 467 g/mol. The standard InChI is InChI=1S/C28H19ClFN3O/c1-17-5-7-18(8-6-17)27(34)26-25(20-3-2-4-22(30)14-20)28(15-31,16-32)24-12-9-19-13-21(29)10-11-23(19)33(24)26/h2-14,24-26H,1H3/t24-,25+,26-/m1/s1. The third-order valence-corrected chi connectivity index (χ3v) is 7.02. The molecule has 6 heteroatoms. The number of rotatable bonds is 3. The van der Waals surface area contributed by atoms with Crippen LogP contribution in [0.3, 0.4) is 0 Å². The van der Waals surface area contributed by atoms with Gasteiger partial charge < -0.3 is 4.90 Å². The van der Waals surface area contributed by atoms with E-state index in [0.29, 0.717) is 21.8 Å². The van der Waals surface area contributed by atoms with Gasteiger partial charge in [0, 0.05) is 22.2 Å². The summed E-state index contributed by atoms with van der Waals surface area (Å²) in [7, 11) is 0. The van der Waals surface area contributed by atoms with Crippen molar-refractivity contribution in [1.82, 2.24) is 0 Å². The van der Waals surface area contributed by atoms with E-state index in [1.807, 2.05) is 30.0 Å². The Morgan fingerprint density at radius 1 is 1.06 bits per heavy atom. The summed E-state index contributed by atoms with van der Waals surface area (Å²) in [6, 6.07) is 21.2. The van der Waals surface area contributed by atoms with E-state index in [2.05, 4.69) is 12.1 Å². The molecule has 0 bridgehead atoms. The van der Waals surface area contributed by atoms with Gasteiger partial charge in [0.05, 0.1) is 18.2 Å². The second-order valence-electron chi connectivity index (χ2n) is 8.71. The number of aryl methyl sites for hydroxylation is 1. The number of Topliss-reactive ketones (excluding diaryl/α,β-unsaturated/α-hetero) is 1. The minimum atomic E-state index is -1.62. The first kappa shape index (κ1) is 21.9. The van der Waals surface area contributed by atoms with Crippen molar-refractivity contribution in [2.45, 2.75) is 24.9 Å². The lowest BCUT2D eigenvalue weighted by Gasteiger charge is -2.35. The Morgan fingerprint density at radius 3 is 2.47 bits per heavy atom. The molecule has 34 heavy (non-hydrogen) atoms. The predicted molar refractivity (Wildman–Crippen MR) is 129 cm³/mol. The van der Waals surface area contributed by atoms with Crippen molar-refractivity contribution in [2.24, 2.45) is 5.41 Å². The summed E-state index contributed by atoms with van der Waals surface area (Å²) in [5, 5.41) is 21.3. The Labute approximate surface area is 202 Å². The van der Waals surface area contributed by atoms with E-state index in [-0.39, 0.29) is 5.78 Å². The molecule has 3 aromatic carbocycles. The molecule has 3 atom stereocenters. The van der Waals surface area contributed by atoms with Crippen LogP contribution in [0.1, 0.15) is 33.0 Å². The van der Waals surface area contributed by atoms with E-state index in [4.69, 9.17) is 11.6 Å². The molecule has 4 nitrogen and oxygen atoms in total. The van der Waals surface area contributed by atoms with Gasteiger partial charge in [-0.1, -0.05) is 65.7 Å². The predicted octanol–water partition coefficient (Wildman–Crippen LogP) is 6.07. The quantitative estimate of drug-likeness (QED) is 0.438. The average Bonchev–Trinajstić information content (AvgIpc) is 3.14. The molecule has 3 aromatic rings. The zero-order valence-corrected chi connectivity index (χ0v) is 19.0. The summed E-state index contributed by atoms with van der Waals surface area (Å²) in [5.74, 6) is -1.61. The van der Waals surface area contributed by atoms with Crippen molar-refractivity contribution < 1.29 is 9.18 Å². The molecule has 166 valence electrons. The molecule has 0 saturated carbocycles. The lowest BCUT2D eigenvalue weighted by atomic mass is 9.69. The molecule has 0 N–H and O–H groups in total. The van der Waals surface area contributed by atoms with Gasteiger partial charge in [-0.3, -0.25) is 4.79 Å².